The van der Waals surface area contributed by atoms with Crippen molar-refractivity contribution in [3.63, 3.8) is 0 Å². The van der Waals surface area contributed by atoms with Crippen LogP contribution < -0.4 is 5.32 Å². The molecule has 2 aromatic rings. The molecule has 0 fully saturated rings. The smallest absolute Gasteiger partial charge is 0.338 e. The van der Waals surface area contributed by atoms with E-state index >= 15 is 0 Å². The Morgan fingerprint density at radius 1 is 1.25 bits per heavy atom. The molecule has 0 spiro atoms. The molecule has 1 aromatic carbocycles. The van der Waals surface area contributed by atoms with Crippen molar-refractivity contribution in [3.8, 4) is 0 Å². The first-order valence-corrected chi connectivity index (χ1v) is 7.71. The number of anilines is 1. The van der Waals surface area contributed by atoms with E-state index in [1.807, 2.05) is 0 Å². The summed E-state index contributed by atoms with van der Waals surface area (Å²) in [6, 6.07) is 10.0. The van der Waals surface area contributed by atoms with Crippen molar-refractivity contribution in [2.24, 2.45) is 0 Å². The van der Waals surface area contributed by atoms with Gasteiger partial charge in [-0.05, 0) is 44.2 Å². The van der Waals surface area contributed by atoms with Gasteiger partial charge in [-0.1, -0.05) is 6.07 Å². The van der Waals surface area contributed by atoms with Crippen molar-refractivity contribution in [3.05, 3.63) is 53.9 Å². The maximum absolute atomic E-state index is 12.0. The van der Waals surface area contributed by atoms with E-state index < -0.39 is 5.97 Å². The highest BCUT2D eigenvalue weighted by atomic mass is 16.5. The van der Waals surface area contributed by atoms with E-state index in [0.29, 0.717) is 23.5 Å². The molecule has 24 heavy (non-hydrogen) atoms. The predicted molar refractivity (Wildman–Crippen MR) is 90.1 cm³/mol. The Morgan fingerprint density at radius 3 is 2.75 bits per heavy atom. The van der Waals surface area contributed by atoms with Gasteiger partial charge in [0.15, 0.2) is 6.29 Å². The molecule has 0 atom stereocenters. The molecule has 0 aliphatic carbocycles. The zero-order valence-electron chi connectivity index (χ0n) is 13.7. The first-order chi connectivity index (χ1) is 11.5. The number of nitrogens with zero attached hydrogens (tertiary/aromatic N) is 1. The Morgan fingerprint density at radius 2 is 2.04 bits per heavy atom. The summed E-state index contributed by atoms with van der Waals surface area (Å²) in [5.74, 6) is -0.626. The zero-order valence-corrected chi connectivity index (χ0v) is 13.7. The molecule has 2 rings (SSSR count). The van der Waals surface area contributed by atoms with Crippen LogP contribution >= 0.6 is 0 Å². The molecule has 1 amide bonds. The monoisotopic (exact) mass is 328 g/mol. The summed E-state index contributed by atoms with van der Waals surface area (Å²) in [5.41, 5.74) is 1.44. The lowest BCUT2D eigenvalue weighted by atomic mass is 10.2. The van der Waals surface area contributed by atoms with Crippen molar-refractivity contribution in [1.82, 2.24) is 4.57 Å². The predicted octanol–water partition coefficient (Wildman–Crippen LogP) is 2.89. The summed E-state index contributed by atoms with van der Waals surface area (Å²) in [7, 11) is 0. The van der Waals surface area contributed by atoms with Gasteiger partial charge >= 0.3 is 5.97 Å². The van der Waals surface area contributed by atoms with Crippen LogP contribution in [0.1, 0.15) is 41.1 Å². The third-order valence-electron chi connectivity index (χ3n) is 3.29. The van der Waals surface area contributed by atoms with Crippen molar-refractivity contribution < 1.29 is 19.1 Å². The summed E-state index contributed by atoms with van der Waals surface area (Å²) < 4.78 is 6.84. The lowest BCUT2D eigenvalue weighted by Gasteiger charge is -2.10. The van der Waals surface area contributed by atoms with Gasteiger partial charge < -0.3 is 14.6 Å². The summed E-state index contributed by atoms with van der Waals surface area (Å²) >= 11 is 0. The minimum absolute atomic E-state index is 0.199. The van der Waals surface area contributed by atoms with E-state index in [9.17, 15) is 14.4 Å². The Balaban J connectivity index is 1.94. The molecule has 0 aliphatic heterocycles. The molecule has 6 nitrogen and oxygen atoms in total. The molecule has 0 aliphatic rings. The molecule has 1 aromatic heterocycles. The molecule has 0 radical (unpaired) electrons. The second kappa shape index (κ2) is 8.10. The number of carbonyl (C=O) groups is 3. The van der Waals surface area contributed by atoms with E-state index in [-0.39, 0.29) is 18.4 Å². The maximum Gasteiger partial charge on any atom is 0.338 e. The third kappa shape index (κ3) is 4.81. The zero-order chi connectivity index (χ0) is 17.5. The van der Waals surface area contributed by atoms with Crippen LogP contribution in [0.25, 0.3) is 0 Å². The fourth-order valence-corrected chi connectivity index (χ4v) is 2.19. The van der Waals surface area contributed by atoms with Crippen molar-refractivity contribution in [2.75, 3.05) is 5.32 Å². The number of aryl methyl sites for hydroxylation is 1. The van der Waals surface area contributed by atoms with Crippen LogP contribution in [0.4, 0.5) is 5.69 Å². The van der Waals surface area contributed by atoms with Gasteiger partial charge in [0.2, 0.25) is 5.91 Å². The molecule has 6 heteroatoms. The van der Waals surface area contributed by atoms with Crippen molar-refractivity contribution in [1.29, 1.82) is 0 Å². The van der Waals surface area contributed by atoms with Crippen molar-refractivity contribution >= 4 is 23.9 Å². The second-order valence-electron chi connectivity index (χ2n) is 5.58. The summed E-state index contributed by atoms with van der Waals surface area (Å²) in [6.45, 7) is 3.96. The number of esters is 1. The Kier molecular flexibility index (Phi) is 5.89. The number of hydrogen-bond donors (Lipinski definition) is 1. The van der Waals surface area contributed by atoms with Gasteiger partial charge in [-0.15, -0.1) is 0 Å². The third-order valence-corrected chi connectivity index (χ3v) is 3.29. The Bertz CT molecular complexity index is 734. The van der Waals surface area contributed by atoms with Crippen LogP contribution in [0.5, 0.6) is 0 Å². The first kappa shape index (κ1) is 17.5. The normalized spacial score (nSPS) is 10.5. The van der Waals surface area contributed by atoms with Crippen LogP contribution in [0.2, 0.25) is 0 Å². The summed E-state index contributed by atoms with van der Waals surface area (Å²) in [5, 5.41) is 2.74. The summed E-state index contributed by atoms with van der Waals surface area (Å²) in [6.07, 6.45) is 2.52. The number of aldehydes is 1. The highest BCUT2D eigenvalue weighted by Crippen LogP contribution is 2.13. The molecule has 1 heterocycles. The van der Waals surface area contributed by atoms with E-state index in [0.717, 1.165) is 6.29 Å². The fraction of sp³-hybridized carbons (Fsp3) is 0.278. The number of hydrogen-bond acceptors (Lipinski definition) is 4. The molecular weight excluding hydrogens is 308 g/mol. The number of aromatic nitrogens is 1. The van der Waals surface area contributed by atoms with Crippen LogP contribution in [0.15, 0.2) is 42.6 Å². The van der Waals surface area contributed by atoms with E-state index in [1.165, 1.54) is 0 Å². The number of rotatable bonds is 7. The summed E-state index contributed by atoms with van der Waals surface area (Å²) in [4.78, 5) is 34.7. The number of ether oxygens (including phenoxy) is 1. The Hall–Kier alpha value is -2.89. The van der Waals surface area contributed by atoms with Gasteiger partial charge in [-0.2, -0.15) is 0 Å². The van der Waals surface area contributed by atoms with Gasteiger partial charge in [0.25, 0.3) is 0 Å². The standard InChI is InChI=1S/C18H20N2O4/c1-13(2)24-18(23)14-5-3-6-15(11-14)19-17(22)8-10-20-9-4-7-16(20)12-21/h3-7,9,11-13H,8,10H2,1-2H3,(H,19,22). The van der Waals surface area contributed by atoms with Crippen LogP contribution in [0, 0.1) is 0 Å². The minimum atomic E-state index is -0.427. The highest BCUT2D eigenvalue weighted by Gasteiger charge is 2.11. The van der Waals surface area contributed by atoms with Gasteiger partial charge in [-0.3, -0.25) is 9.59 Å². The van der Waals surface area contributed by atoms with Crippen LogP contribution in [-0.2, 0) is 16.1 Å². The minimum Gasteiger partial charge on any atom is -0.459 e. The average molecular weight is 328 g/mol. The van der Waals surface area contributed by atoms with Gasteiger partial charge in [0.05, 0.1) is 17.4 Å². The molecular formula is C18H20N2O4. The van der Waals surface area contributed by atoms with Crippen LogP contribution in [0.3, 0.4) is 0 Å². The topological polar surface area (TPSA) is 77.4 Å². The lowest BCUT2D eigenvalue weighted by Crippen LogP contribution is -2.16. The Labute approximate surface area is 140 Å². The molecule has 0 unspecified atom stereocenters. The average Bonchev–Trinajstić information content (AvgIpc) is 3.00. The number of benzene rings is 1. The molecule has 1 N–H and O–H groups in total. The highest BCUT2D eigenvalue weighted by molar-refractivity contribution is 5.94. The number of amides is 1. The second-order valence-corrected chi connectivity index (χ2v) is 5.58. The fourth-order valence-electron chi connectivity index (χ4n) is 2.19. The van der Waals surface area contributed by atoms with E-state index in [4.69, 9.17) is 4.74 Å². The molecule has 0 saturated carbocycles. The maximum atomic E-state index is 12.0. The number of nitrogens with one attached hydrogen (secondary N) is 1. The van der Waals surface area contributed by atoms with Gasteiger partial charge in [0.1, 0.15) is 0 Å². The molecule has 126 valence electrons. The largest absolute Gasteiger partial charge is 0.459 e. The quantitative estimate of drug-likeness (QED) is 0.626. The first-order valence-electron chi connectivity index (χ1n) is 7.71. The number of carbonyl (C=O) groups excluding carboxylic acids is 3. The van der Waals surface area contributed by atoms with Crippen molar-refractivity contribution in [2.45, 2.75) is 32.9 Å². The molecule has 0 saturated heterocycles. The SMILES string of the molecule is CC(C)OC(=O)c1cccc(NC(=O)CCn2cccc2C=O)c1. The van der Waals surface area contributed by atoms with Gasteiger partial charge in [0, 0.05) is 24.8 Å². The lowest BCUT2D eigenvalue weighted by molar-refractivity contribution is -0.116. The van der Waals surface area contributed by atoms with Crippen LogP contribution in [-0.4, -0.2) is 28.8 Å². The van der Waals surface area contributed by atoms with Gasteiger partial charge in [-0.25, -0.2) is 4.79 Å². The molecule has 0 bridgehead atoms. The van der Waals surface area contributed by atoms with E-state index in [2.05, 4.69) is 5.32 Å². The van der Waals surface area contributed by atoms with E-state index in [1.54, 1.807) is 61.0 Å².